The van der Waals surface area contributed by atoms with Crippen LogP contribution in [0.25, 0.3) is 5.69 Å². The maximum absolute atomic E-state index is 12.8. The van der Waals surface area contributed by atoms with Crippen LogP contribution in [0.4, 0.5) is 5.82 Å². The van der Waals surface area contributed by atoms with Gasteiger partial charge in [-0.1, -0.05) is 18.2 Å². The molecule has 0 bridgehead atoms. The minimum absolute atomic E-state index is 0.0668. The quantitative estimate of drug-likeness (QED) is 0.505. The fraction of sp³-hybridized carbons (Fsp3) is 0.375. The van der Waals surface area contributed by atoms with Crippen LogP contribution in [0.15, 0.2) is 66.0 Å². The molecule has 10 nitrogen and oxygen atoms in total. The van der Waals surface area contributed by atoms with Crippen molar-refractivity contribution in [1.29, 1.82) is 0 Å². The number of aromatic nitrogens is 3. The maximum atomic E-state index is 12.8. The Morgan fingerprint density at radius 1 is 0.914 bits per heavy atom. The van der Waals surface area contributed by atoms with Crippen molar-refractivity contribution >= 4 is 21.7 Å². The van der Waals surface area contributed by atoms with E-state index in [2.05, 4.69) is 15.0 Å². The number of rotatable bonds is 6. The highest BCUT2D eigenvalue weighted by Crippen LogP contribution is 2.20. The number of para-hydroxylation sites is 1. The molecule has 184 valence electrons. The smallest absolute Gasteiger partial charge is 0.244 e. The molecule has 4 heterocycles. The Balaban J connectivity index is 1.15. The highest BCUT2D eigenvalue weighted by molar-refractivity contribution is 7.89. The van der Waals surface area contributed by atoms with Gasteiger partial charge in [0.25, 0.3) is 0 Å². The molecule has 3 aromatic rings. The number of nitrogens with zero attached hydrogens (tertiary/aromatic N) is 6. The molecule has 5 rings (SSSR count). The lowest BCUT2D eigenvalue weighted by molar-refractivity contribution is -0.130. The Morgan fingerprint density at radius 3 is 2.34 bits per heavy atom. The van der Waals surface area contributed by atoms with E-state index >= 15 is 0 Å². The van der Waals surface area contributed by atoms with Gasteiger partial charge in [0.2, 0.25) is 15.9 Å². The summed E-state index contributed by atoms with van der Waals surface area (Å²) < 4.78 is 34.0. The molecule has 0 spiro atoms. The standard InChI is InChI=1S/C24H28N6O4S/c31-24(16-20-17-26-30(19-20)21-4-2-1-3-5-21)28-10-8-27(9-11-28)23-7-6-22(18-25-23)35(32,33)29-12-14-34-15-13-29/h1-7,17-19H,8-16H2. The van der Waals surface area contributed by atoms with Crippen molar-refractivity contribution in [3.05, 3.63) is 66.6 Å². The number of ether oxygens (including phenoxy) is 1. The Bertz CT molecular complexity index is 1250. The van der Waals surface area contributed by atoms with E-state index in [9.17, 15) is 13.2 Å². The fourth-order valence-electron chi connectivity index (χ4n) is 4.29. The first-order valence-corrected chi connectivity index (χ1v) is 13.1. The number of benzene rings is 1. The van der Waals surface area contributed by atoms with Crippen LogP contribution < -0.4 is 4.90 Å². The van der Waals surface area contributed by atoms with Gasteiger partial charge in [-0.2, -0.15) is 9.40 Å². The maximum Gasteiger partial charge on any atom is 0.244 e. The Hall–Kier alpha value is -3.28. The molecule has 1 amide bonds. The third-order valence-electron chi connectivity index (χ3n) is 6.30. The SMILES string of the molecule is O=C(Cc1cnn(-c2ccccc2)c1)N1CCN(c2ccc(S(=O)(=O)N3CCOCC3)cn2)CC1. The summed E-state index contributed by atoms with van der Waals surface area (Å²) in [4.78, 5) is 21.4. The second kappa shape index (κ2) is 10.1. The molecule has 2 aromatic heterocycles. The predicted octanol–water partition coefficient (Wildman–Crippen LogP) is 1.18. The number of anilines is 1. The van der Waals surface area contributed by atoms with Gasteiger partial charge in [-0.05, 0) is 29.8 Å². The molecule has 2 fully saturated rings. The number of piperazine rings is 1. The third kappa shape index (κ3) is 5.21. The van der Waals surface area contributed by atoms with Crippen molar-refractivity contribution in [3.8, 4) is 5.69 Å². The largest absolute Gasteiger partial charge is 0.379 e. The molecule has 0 aliphatic carbocycles. The normalized spacial score (nSPS) is 17.5. The molecular weight excluding hydrogens is 468 g/mol. The highest BCUT2D eigenvalue weighted by atomic mass is 32.2. The number of sulfonamides is 1. The molecule has 35 heavy (non-hydrogen) atoms. The lowest BCUT2D eigenvalue weighted by atomic mass is 10.2. The van der Waals surface area contributed by atoms with Crippen LogP contribution in [-0.2, 0) is 26.0 Å². The summed E-state index contributed by atoms with van der Waals surface area (Å²) in [6.45, 7) is 3.96. The van der Waals surface area contributed by atoms with Gasteiger partial charge >= 0.3 is 0 Å². The van der Waals surface area contributed by atoms with E-state index in [0.717, 1.165) is 11.3 Å². The van der Waals surface area contributed by atoms with Gasteiger partial charge in [0.05, 0.1) is 31.5 Å². The van der Waals surface area contributed by atoms with Crippen LogP contribution in [0.1, 0.15) is 5.56 Å². The van der Waals surface area contributed by atoms with Crippen molar-refractivity contribution in [2.75, 3.05) is 57.4 Å². The number of morpholine rings is 1. The van der Waals surface area contributed by atoms with Crippen molar-refractivity contribution in [2.45, 2.75) is 11.3 Å². The Labute approximate surface area is 204 Å². The van der Waals surface area contributed by atoms with E-state index < -0.39 is 10.0 Å². The van der Waals surface area contributed by atoms with Crippen LogP contribution >= 0.6 is 0 Å². The van der Waals surface area contributed by atoms with Gasteiger partial charge < -0.3 is 14.5 Å². The Kier molecular flexibility index (Phi) is 6.80. The van der Waals surface area contributed by atoms with E-state index in [-0.39, 0.29) is 10.8 Å². The van der Waals surface area contributed by atoms with Gasteiger partial charge in [0.1, 0.15) is 10.7 Å². The number of carbonyl (C=O) groups is 1. The second-order valence-corrected chi connectivity index (χ2v) is 10.5. The molecule has 11 heteroatoms. The van der Waals surface area contributed by atoms with Crippen LogP contribution in [0.2, 0.25) is 0 Å². The molecule has 1 aromatic carbocycles. The minimum atomic E-state index is -3.56. The van der Waals surface area contributed by atoms with E-state index in [0.29, 0.717) is 64.7 Å². The summed E-state index contributed by atoms with van der Waals surface area (Å²) in [5.41, 5.74) is 1.83. The first-order valence-electron chi connectivity index (χ1n) is 11.7. The van der Waals surface area contributed by atoms with Crippen molar-refractivity contribution < 1.29 is 17.9 Å². The number of amides is 1. The highest BCUT2D eigenvalue weighted by Gasteiger charge is 2.27. The number of hydrogen-bond acceptors (Lipinski definition) is 7. The number of hydrogen-bond donors (Lipinski definition) is 0. The lowest BCUT2D eigenvalue weighted by Gasteiger charge is -2.35. The summed E-state index contributed by atoms with van der Waals surface area (Å²) in [5, 5.41) is 4.37. The topological polar surface area (TPSA) is 101 Å². The monoisotopic (exact) mass is 496 g/mol. The van der Waals surface area contributed by atoms with Gasteiger partial charge in [-0.3, -0.25) is 4.79 Å². The molecule has 2 aliphatic heterocycles. The van der Waals surface area contributed by atoms with Crippen LogP contribution in [-0.4, -0.2) is 90.8 Å². The molecular formula is C24H28N6O4S. The molecule has 0 N–H and O–H groups in total. The molecule has 0 atom stereocenters. The summed E-state index contributed by atoms with van der Waals surface area (Å²) in [5.74, 6) is 0.777. The third-order valence-corrected chi connectivity index (χ3v) is 8.18. The first-order chi connectivity index (χ1) is 17.0. The molecule has 0 saturated carbocycles. The summed E-state index contributed by atoms with van der Waals surface area (Å²) in [6, 6.07) is 13.1. The van der Waals surface area contributed by atoms with Crippen molar-refractivity contribution in [3.63, 3.8) is 0 Å². The fourth-order valence-corrected chi connectivity index (χ4v) is 5.65. The molecule has 2 saturated heterocycles. The lowest BCUT2D eigenvalue weighted by Crippen LogP contribution is -2.49. The second-order valence-electron chi connectivity index (χ2n) is 8.54. The van der Waals surface area contributed by atoms with E-state index in [1.54, 1.807) is 23.0 Å². The van der Waals surface area contributed by atoms with Gasteiger partial charge in [-0.25, -0.2) is 18.1 Å². The van der Waals surface area contributed by atoms with Crippen LogP contribution in [0.3, 0.4) is 0 Å². The average Bonchev–Trinajstić information content (AvgIpc) is 3.38. The van der Waals surface area contributed by atoms with Crippen molar-refractivity contribution in [1.82, 2.24) is 24.0 Å². The van der Waals surface area contributed by atoms with E-state index in [1.165, 1.54) is 10.5 Å². The molecule has 0 radical (unpaired) electrons. The zero-order chi connectivity index (χ0) is 24.3. The first kappa shape index (κ1) is 23.5. The number of pyridine rings is 1. The van der Waals surface area contributed by atoms with E-state index in [4.69, 9.17) is 4.74 Å². The van der Waals surface area contributed by atoms with Gasteiger partial charge in [0.15, 0.2) is 0 Å². The van der Waals surface area contributed by atoms with E-state index in [1.807, 2.05) is 41.4 Å². The Morgan fingerprint density at radius 2 is 1.66 bits per heavy atom. The zero-order valence-corrected chi connectivity index (χ0v) is 20.2. The molecule has 0 unspecified atom stereocenters. The summed E-state index contributed by atoms with van der Waals surface area (Å²) >= 11 is 0. The van der Waals surface area contributed by atoms with Crippen LogP contribution in [0, 0.1) is 0 Å². The minimum Gasteiger partial charge on any atom is -0.379 e. The predicted molar refractivity (Wildman–Crippen MR) is 130 cm³/mol. The molecule has 2 aliphatic rings. The zero-order valence-electron chi connectivity index (χ0n) is 19.4. The van der Waals surface area contributed by atoms with Gasteiger partial charge in [-0.15, -0.1) is 0 Å². The number of carbonyl (C=O) groups excluding carboxylic acids is 1. The summed E-state index contributed by atoms with van der Waals surface area (Å²) in [6.07, 6.45) is 5.35. The van der Waals surface area contributed by atoms with Crippen LogP contribution in [0.5, 0.6) is 0 Å². The van der Waals surface area contributed by atoms with Crippen molar-refractivity contribution in [2.24, 2.45) is 0 Å². The average molecular weight is 497 g/mol. The van der Waals surface area contributed by atoms with Gasteiger partial charge in [0, 0.05) is 51.7 Å². The summed E-state index contributed by atoms with van der Waals surface area (Å²) in [7, 11) is -3.56.